The van der Waals surface area contributed by atoms with Gasteiger partial charge in [-0.05, 0) is 42.5 Å². The second-order valence-corrected chi connectivity index (χ2v) is 5.67. The van der Waals surface area contributed by atoms with E-state index in [1.807, 2.05) is 0 Å². The Morgan fingerprint density at radius 2 is 2.09 bits per heavy atom. The van der Waals surface area contributed by atoms with Gasteiger partial charge >= 0.3 is 0 Å². The van der Waals surface area contributed by atoms with E-state index in [0.29, 0.717) is 25.1 Å². The maximum atomic E-state index is 13.6. The topological polar surface area (TPSA) is 72.6 Å². The summed E-state index contributed by atoms with van der Waals surface area (Å²) in [5.41, 5.74) is 5.79. The van der Waals surface area contributed by atoms with Crippen LogP contribution >= 0.6 is 0 Å². The first-order valence-electron chi connectivity index (χ1n) is 7.58. The molecule has 124 valence electrons. The lowest BCUT2D eigenvalue weighted by atomic mass is 9.93. The molecule has 1 aromatic carbocycles. The lowest BCUT2D eigenvalue weighted by molar-refractivity contribution is -0.127. The van der Waals surface area contributed by atoms with Gasteiger partial charge in [-0.1, -0.05) is 6.07 Å². The predicted molar refractivity (Wildman–Crippen MR) is 85.1 cm³/mol. The van der Waals surface area contributed by atoms with Crippen molar-refractivity contribution in [1.29, 1.82) is 0 Å². The van der Waals surface area contributed by atoms with Crippen LogP contribution in [0.1, 0.15) is 24.8 Å². The number of benzene rings is 1. The molecule has 1 heterocycles. The first kappa shape index (κ1) is 17.0. The van der Waals surface area contributed by atoms with Crippen LogP contribution in [-0.4, -0.2) is 36.9 Å². The summed E-state index contributed by atoms with van der Waals surface area (Å²) in [6.45, 7) is 1.22. The number of hydrogen-bond acceptors (Lipinski definition) is 3. The zero-order valence-corrected chi connectivity index (χ0v) is 13.1. The predicted octanol–water partition coefficient (Wildman–Crippen LogP) is 1.96. The van der Waals surface area contributed by atoms with E-state index >= 15 is 0 Å². The summed E-state index contributed by atoms with van der Waals surface area (Å²) < 4.78 is 18.4. The summed E-state index contributed by atoms with van der Waals surface area (Å²) in [6, 6.07) is 4.53. The van der Waals surface area contributed by atoms with E-state index in [1.54, 1.807) is 17.0 Å². The number of methoxy groups -OCH3 is 1. The van der Waals surface area contributed by atoms with Crippen molar-refractivity contribution >= 4 is 17.9 Å². The van der Waals surface area contributed by atoms with Crippen molar-refractivity contribution in [3.05, 3.63) is 35.7 Å². The highest BCUT2D eigenvalue weighted by molar-refractivity contribution is 5.91. The van der Waals surface area contributed by atoms with Gasteiger partial charge < -0.3 is 15.4 Å². The van der Waals surface area contributed by atoms with Crippen LogP contribution in [0.5, 0.6) is 5.75 Å². The molecule has 6 heteroatoms. The highest BCUT2D eigenvalue weighted by Gasteiger charge is 2.22. The molecule has 0 radical (unpaired) electrons. The third kappa shape index (κ3) is 4.81. The second kappa shape index (κ2) is 7.76. The highest BCUT2D eigenvalue weighted by atomic mass is 19.1. The van der Waals surface area contributed by atoms with E-state index in [9.17, 15) is 14.0 Å². The molecule has 2 rings (SSSR count). The molecule has 0 aliphatic carbocycles. The van der Waals surface area contributed by atoms with E-state index in [4.69, 9.17) is 10.5 Å². The van der Waals surface area contributed by atoms with Gasteiger partial charge in [0, 0.05) is 25.6 Å². The summed E-state index contributed by atoms with van der Waals surface area (Å²) in [7, 11) is 1.40. The fourth-order valence-electron chi connectivity index (χ4n) is 2.70. The van der Waals surface area contributed by atoms with Crippen molar-refractivity contribution < 1.29 is 18.7 Å². The summed E-state index contributed by atoms with van der Waals surface area (Å²) in [6.07, 6.45) is 4.96. The molecule has 2 amide bonds. The molecule has 1 saturated heterocycles. The number of hydrogen-bond donors (Lipinski definition) is 1. The second-order valence-electron chi connectivity index (χ2n) is 5.67. The number of nitrogens with zero attached hydrogens (tertiary/aromatic N) is 1. The Labute approximate surface area is 134 Å². The Kier molecular flexibility index (Phi) is 5.73. The molecule has 0 saturated carbocycles. The Morgan fingerprint density at radius 1 is 1.39 bits per heavy atom. The molecule has 0 unspecified atom stereocenters. The van der Waals surface area contributed by atoms with Crippen molar-refractivity contribution in [2.24, 2.45) is 11.7 Å². The molecule has 0 spiro atoms. The number of halogens is 1. The number of piperidine rings is 1. The number of carbonyl (C=O) groups excluding carboxylic acids is 2. The molecule has 1 aromatic rings. The zero-order chi connectivity index (χ0) is 16.8. The summed E-state index contributed by atoms with van der Waals surface area (Å²) in [5, 5.41) is 0. The van der Waals surface area contributed by atoms with Crippen molar-refractivity contribution in [3.8, 4) is 5.75 Å². The Balaban J connectivity index is 1.89. The third-order valence-corrected chi connectivity index (χ3v) is 4.01. The van der Waals surface area contributed by atoms with E-state index < -0.39 is 5.82 Å². The standard InChI is InChI=1S/C17H21FN2O3/c1-23-15-4-2-12(10-14(15)18)3-5-17(22)20-8-6-13(7-9-20)11-16(19)21/h2-5,10,13H,6-9,11H2,1H3,(H2,19,21)/b5-3+. The zero-order valence-electron chi connectivity index (χ0n) is 13.1. The average Bonchev–Trinajstić information content (AvgIpc) is 2.53. The van der Waals surface area contributed by atoms with E-state index in [-0.39, 0.29) is 23.5 Å². The maximum Gasteiger partial charge on any atom is 0.246 e. The van der Waals surface area contributed by atoms with Crippen LogP contribution in [0.25, 0.3) is 6.08 Å². The van der Waals surface area contributed by atoms with Crippen LogP contribution in [-0.2, 0) is 9.59 Å². The van der Waals surface area contributed by atoms with Crippen molar-refractivity contribution in [3.63, 3.8) is 0 Å². The SMILES string of the molecule is COc1ccc(/C=C/C(=O)N2CCC(CC(N)=O)CC2)cc1F. The quantitative estimate of drug-likeness (QED) is 0.843. The smallest absolute Gasteiger partial charge is 0.246 e. The van der Waals surface area contributed by atoms with Gasteiger partial charge in [-0.2, -0.15) is 0 Å². The van der Waals surface area contributed by atoms with Crippen molar-refractivity contribution in [1.82, 2.24) is 4.90 Å². The number of amides is 2. The number of nitrogens with two attached hydrogens (primary N) is 1. The van der Waals surface area contributed by atoms with Crippen LogP contribution in [0.15, 0.2) is 24.3 Å². The highest BCUT2D eigenvalue weighted by Crippen LogP contribution is 2.21. The van der Waals surface area contributed by atoms with Gasteiger partial charge in [-0.15, -0.1) is 0 Å². The van der Waals surface area contributed by atoms with Gasteiger partial charge in [0.25, 0.3) is 0 Å². The molecule has 1 aliphatic heterocycles. The fraction of sp³-hybridized carbons (Fsp3) is 0.412. The van der Waals surface area contributed by atoms with Crippen molar-refractivity contribution in [2.45, 2.75) is 19.3 Å². The largest absolute Gasteiger partial charge is 0.494 e. The number of likely N-dealkylation sites (tertiary alicyclic amines) is 1. The fourth-order valence-corrected chi connectivity index (χ4v) is 2.70. The van der Waals surface area contributed by atoms with Crippen LogP contribution in [0.2, 0.25) is 0 Å². The lowest BCUT2D eigenvalue weighted by Gasteiger charge is -2.30. The summed E-state index contributed by atoms with van der Waals surface area (Å²) >= 11 is 0. The van der Waals surface area contributed by atoms with E-state index in [0.717, 1.165) is 12.8 Å². The molecular weight excluding hydrogens is 299 g/mol. The number of ether oxygens (including phenoxy) is 1. The molecule has 1 aliphatic rings. The minimum atomic E-state index is -0.464. The number of rotatable bonds is 5. The van der Waals surface area contributed by atoms with Crippen LogP contribution in [0.3, 0.4) is 0 Å². The molecule has 1 fully saturated rings. The summed E-state index contributed by atoms with van der Waals surface area (Å²) in [4.78, 5) is 24.8. The monoisotopic (exact) mass is 320 g/mol. The molecule has 5 nitrogen and oxygen atoms in total. The number of carbonyl (C=O) groups is 2. The van der Waals surface area contributed by atoms with Crippen LogP contribution in [0, 0.1) is 11.7 Å². The molecule has 23 heavy (non-hydrogen) atoms. The van der Waals surface area contributed by atoms with Crippen LogP contribution in [0.4, 0.5) is 4.39 Å². The lowest BCUT2D eigenvalue weighted by Crippen LogP contribution is -2.38. The summed E-state index contributed by atoms with van der Waals surface area (Å²) in [5.74, 6) is -0.439. The van der Waals surface area contributed by atoms with Gasteiger partial charge in [-0.25, -0.2) is 4.39 Å². The molecular formula is C17H21FN2O3. The molecule has 0 bridgehead atoms. The van der Waals surface area contributed by atoms with Gasteiger partial charge in [0.1, 0.15) is 0 Å². The maximum absolute atomic E-state index is 13.6. The minimum absolute atomic E-state index is 0.112. The molecule has 0 aromatic heterocycles. The third-order valence-electron chi connectivity index (χ3n) is 4.01. The van der Waals surface area contributed by atoms with Gasteiger partial charge in [0.05, 0.1) is 7.11 Å². The Morgan fingerprint density at radius 3 is 2.65 bits per heavy atom. The van der Waals surface area contributed by atoms with Crippen LogP contribution < -0.4 is 10.5 Å². The average molecular weight is 320 g/mol. The number of primary amides is 1. The molecule has 0 atom stereocenters. The van der Waals surface area contributed by atoms with E-state index in [2.05, 4.69) is 0 Å². The normalized spacial score (nSPS) is 15.8. The molecule has 2 N–H and O–H groups in total. The van der Waals surface area contributed by atoms with Gasteiger partial charge in [0.2, 0.25) is 11.8 Å². The van der Waals surface area contributed by atoms with Crippen molar-refractivity contribution in [2.75, 3.05) is 20.2 Å². The van der Waals surface area contributed by atoms with Gasteiger partial charge in [-0.3, -0.25) is 9.59 Å². The van der Waals surface area contributed by atoms with E-state index in [1.165, 1.54) is 25.3 Å². The Bertz CT molecular complexity index is 608. The Hall–Kier alpha value is -2.37. The first-order chi connectivity index (χ1) is 11.0. The first-order valence-corrected chi connectivity index (χ1v) is 7.58. The minimum Gasteiger partial charge on any atom is -0.494 e. The van der Waals surface area contributed by atoms with Gasteiger partial charge in [0.15, 0.2) is 11.6 Å².